The van der Waals surface area contributed by atoms with Crippen LogP contribution in [-0.2, 0) is 9.59 Å². The highest BCUT2D eigenvalue weighted by Gasteiger charge is 2.57. The number of hydrogen-bond donors (Lipinski definition) is 2. The van der Waals surface area contributed by atoms with Gasteiger partial charge in [-0.3, -0.25) is 9.69 Å². The van der Waals surface area contributed by atoms with Crippen molar-refractivity contribution >= 4 is 58.5 Å². The summed E-state index contributed by atoms with van der Waals surface area (Å²) in [5.74, 6) is -1.97. The molecule has 3 atom stereocenters. The average molecular weight is 392 g/mol. The number of carbonyl (C=O) groups excluding carboxylic acids is 1. The molecule has 124 valence electrons. The first-order valence-corrected chi connectivity index (χ1v) is 10.3. The molecule has 11 heteroatoms. The van der Waals surface area contributed by atoms with Gasteiger partial charge in [-0.1, -0.05) is 34.9 Å². The number of thioether (sulfide) groups is 3. The lowest BCUT2D eigenvalue weighted by molar-refractivity contribution is -0.156. The summed E-state index contributed by atoms with van der Waals surface area (Å²) in [6, 6.07) is 0. The van der Waals surface area contributed by atoms with Crippen molar-refractivity contribution in [1.82, 2.24) is 15.1 Å². The first-order chi connectivity index (χ1) is 10.9. The van der Waals surface area contributed by atoms with Crippen molar-refractivity contribution in [1.29, 1.82) is 0 Å². The number of aliphatic hydroxyl groups excluding tert-OH is 1. The number of carbonyl (C=O) groups is 2. The van der Waals surface area contributed by atoms with Crippen molar-refractivity contribution in [2.75, 3.05) is 5.08 Å². The SMILES string of the molecule is Cc1nnc(SCSC2=C(C(=O)O)N3C(=O)[C@H]([C@@H](C)O)[C@H]3S2)s1. The fourth-order valence-corrected chi connectivity index (χ4v) is 7.58. The summed E-state index contributed by atoms with van der Waals surface area (Å²) in [4.78, 5) is 24.8. The predicted octanol–water partition coefficient (Wildman–Crippen LogP) is 1.80. The molecule has 1 amide bonds. The Hall–Kier alpha value is -0.750. The van der Waals surface area contributed by atoms with Crippen LogP contribution in [0.15, 0.2) is 14.3 Å². The largest absolute Gasteiger partial charge is 0.477 e. The minimum Gasteiger partial charge on any atom is -0.477 e. The Morgan fingerprint density at radius 2 is 2.17 bits per heavy atom. The van der Waals surface area contributed by atoms with Crippen LogP contribution in [0.3, 0.4) is 0 Å². The maximum absolute atomic E-state index is 12.1. The fraction of sp³-hybridized carbons (Fsp3) is 0.500. The van der Waals surface area contributed by atoms with Crippen LogP contribution < -0.4 is 0 Å². The van der Waals surface area contributed by atoms with Crippen molar-refractivity contribution in [3.05, 3.63) is 14.9 Å². The Labute approximate surface area is 148 Å². The molecule has 0 radical (unpaired) electrons. The van der Waals surface area contributed by atoms with Gasteiger partial charge in [0, 0.05) is 0 Å². The minimum absolute atomic E-state index is 0.0287. The second-order valence-corrected chi connectivity index (χ2v) is 10.1. The Kier molecular flexibility index (Phi) is 4.93. The summed E-state index contributed by atoms with van der Waals surface area (Å²) in [5.41, 5.74) is 0.0287. The normalized spacial score (nSPS) is 24.7. The molecule has 1 saturated heterocycles. The fourth-order valence-electron chi connectivity index (χ4n) is 2.32. The summed E-state index contributed by atoms with van der Waals surface area (Å²) < 4.78 is 1.43. The quantitative estimate of drug-likeness (QED) is 0.427. The third kappa shape index (κ3) is 3.12. The third-order valence-electron chi connectivity index (χ3n) is 3.35. The van der Waals surface area contributed by atoms with Crippen LogP contribution in [0, 0.1) is 12.8 Å². The van der Waals surface area contributed by atoms with E-state index in [1.807, 2.05) is 6.92 Å². The van der Waals surface area contributed by atoms with Crippen molar-refractivity contribution < 1.29 is 19.8 Å². The van der Waals surface area contributed by atoms with Gasteiger partial charge in [0.05, 0.1) is 21.3 Å². The van der Waals surface area contributed by atoms with Gasteiger partial charge in [-0.25, -0.2) is 4.79 Å². The lowest BCUT2D eigenvalue weighted by Crippen LogP contribution is -2.60. The number of aromatic nitrogens is 2. The maximum Gasteiger partial charge on any atom is 0.354 e. The summed E-state index contributed by atoms with van der Waals surface area (Å²) in [6.07, 6.45) is -0.783. The van der Waals surface area contributed by atoms with Crippen LogP contribution in [0.2, 0.25) is 0 Å². The van der Waals surface area contributed by atoms with Crippen LogP contribution in [0.5, 0.6) is 0 Å². The van der Waals surface area contributed by atoms with Gasteiger partial charge in [-0.15, -0.1) is 22.0 Å². The molecule has 1 aromatic rings. The molecule has 0 spiro atoms. The van der Waals surface area contributed by atoms with Crippen LogP contribution in [0.25, 0.3) is 0 Å². The zero-order chi connectivity index (χ0) is 16.7. The molecule has 3 heterocycles. The highest BCUT2D eigenvalue weighted by molar-refractivity contribution is 8.28. The number of nitrogens with zero attached hydrogens (tertiary/aromatic N) is 3. The van der Waals surface area contributed by atoms with E-state index in [4.69, 9.17) is 0 Å². The first kappa shape index (κ1) is 17.1. The van der Waals surface area contributed by atoms with E-state index in [0.29, 0.717) is 9.32 Å². The maximum atomic E-state index is 12.1. The summed E-state index contributed by atoms with van der Waals surface area (Å²) in [5, 5.41) is 28.2. The third-order valence-corrected chi connectivity index (χ3v) is 8.11. The molecule has 1 aromatic heterocycles. The molecule has 2 aliphatic heterocycles. The van der Waals surface area contributed by atoms with Gasteiger partial charge < -0.3 is 10.2 Å². The lowest BCUT2D eigenvalue weighted by Gasteiger charge is -2.43. The molecule has 0 aliphatic carbocycles. The second kappa shape index (κ2) is 6.63. The Bertz CT molecular complexity index is 690. The molecule has 1 fully saturated rings. The monoisotopic (exact) mass is 391 g/mol. The smallest absolute Gasteiger partial charge is 0.354 e. The average Bonchev–Trinajstić information content (AvgIpc) is 3.00. The molecule has 0 aromatic carbocycles. The zero-order valence-electron chi connectivity index (χ0n) is 12.1. The van der Waals surface area contributed by atoms with Gasteiger partial charge in [-0.05, 0) is 13.8 Å². The van der Waals surface area contributed by atoms with Crippen LogP contribution in [-0.4, -0.2) is 53.7 Å². The van der Waals surface area contributed by atoms with E-state index in [-0.39, 0.29) is 17.0 Å². The molecule has 23 heavy (non-hydrogen) atoms. The van der Waals surface area contributed by atoms with E-state index in [0.717, 1.165) is 9.35 Å². The van der Waals surface area contributed by atoms with E-state index in [1.165, 1.54) is 51.5 Å². The van der Waals surface area contributed by atoms with Gasteiger partial charge in [0.2, 0.25) is 5.91 Å². The van der Waals surface area contributed by atoms with Crippen molar-refractivity contribution in [3.63, 3.8) is 0 Å². The summed E-state index contributed by atoms with van der Waals surface area (Å²) in [6.45, 7) is 3.43. The van der Waals surface area contributed by atoms with Crippen molar-refractivity contribution in [3.8, 4) is 0 Å². The van der Waals surface area contributed by atoms with E-state index in [1.54, 1.807) is 6.92 Å². The number of aryl methyl sites for hydroxylation is 1. The van der Waals surface area contributed by atoms with Crippen LogP contribution in [0.1, 0.15) is 11.9 Å². The molecule has 2 aliphatic rings. The van der Waals surface area contributed by atoms with Crippen molar-refractivity contribution in [2.24, 2.45) is 5.92 Å². The van der Waals surface area contributed by atoms with Gasteiger partial charge in [0.1, 0.15) is 10.4 Å². The number of rotatable bonds is 6. The molecule has 7 nitrogen and oxygen atoms in total. The predicted molar refractivity (Wildman–Crippen MR) is 91.0 cm³/mol. The van der Waals surface area contributed by atoms with Crippen molar-refractivity contribution in [2.45, 2.75) is 29.7 Å². The Morgan fingerprint density at radius 1 is 1.43 bits per heavy atom. The number of β-lactam (4-membered cyclic amide) rings is 1. The Balaban J connectivity index is 1.68. The summed E-state index contributed by atoms with van der Waals surface area (Å²) >= 11 is 5.69. The number of aliphatic hydroxyl groups is 1. The van der Waals surface area contributed by atoms with E-state index in [2.05, 4.69) is 10.2 Å². The lowest BCUT2D eigenvalue weighted by atomic mass is 9.92. The van der Waals surface area contributed by atoms with Crippen LogP contribution in [0.4, 0.5) is 0 Å². The molecule has 3 rings (SSSR count). The summed E-state index contributed by atoms with van der Waals surface area (Å²) in [7, 11) is 0. The van der Waals surface area contributed by atoms with E-state index >= 15 is 0 Å². The number of amides is 1. The van der Waals surface area contributed by atoms with E-state index < -0.39 is 18.0 Å². The first-order valence-electron chi connectivity index (χ1n) is 6.61. The Morgan fingerprint density at radius 3 is 2.74 bits per heavy atom. The number of fused-ring (bicyclic) bond motifs is 1. The highest BCUT2D eigenvalue weighted by atomic mass is 32.2. The zero-order valence-corrected chi connectivity index (χ0v) is 15.4. The number of carboxylic acids is 1. The van der Waals surface area contributed by atoms with Gasteiger partial charge in [0.25, 0.3) is 0 Å². The molecule has 0 saturated carbocycles. The topological polar surface area (TPSA) is 104 Å². The van der Waals surface area contributed by atoms with E-state index in [9.17, 15) is 19.8 Å². The molecule has 2 N–H and O–H groups in total. The second-order valence-electron chi connectivity index (χ2n) is 4.92. The van der Waals surface area contributed by atoms with Gasteiger partial charge >= 0.3 is 5.97 Å². The molecular weight excluding hydrogens is 378 g/mol. The number of hydrogen-bond acceptors (Lipinski definition) is 9. The number of aliphatic carboxylic acids is 1. The molecule has 0 unspecified atom stereocenters. The molecule has 0 bridgehead atoms. The molecular formula is C12H13N3O4S4. The van der Waals surface area contributed by atoms with Gasteiger partial charge in [-0.2, -0.15) is 0 Å². The van der Waals surface area contributed by atoms with Crippen LogP contribution >= 0.6 is 46.6 Å². The number of carboxylic acid groups (broad SMARTS) is 1. The highest BCUT2D eigenvalue weighted by Crippen LogP contribution is 2.54. The standard InChI is InChI=1S/C12H13N3O4S4/c1-4(16)6-8(17)15-7(10(18)19)11(23-9(6)15)20-3-21-12-14-13-5(2)22-12/h4,6,9,16H,3H2,1-2H3,(H,18,19)/t4-,6+,9-/m1/s1. The minimum atomic E-state index is -1.11. The van der Waals surface area contributed by atoms with Gasteiger partial charge in [0.15, 0.2) is 10.0 Å².